The van der Waals surface area contributed by atoms with Crippen LogP contribution in [0, 0.1) is 5.41 Å². The molecule has 16 nitrogen and oxygen atoms in total. The summed E-state index contributed by atoms with van der Waals surface area (Å²) in [6.45, 7) is 3.66. The van der Waals surface area contributed by atoms with Crippen molar-refractivity contribution in [2.75, 3.05) is 39.4 Å². The van der Waals surface area contributed by atoms with Crippen LogP contribution in [0.25, 0.3) is 33.5 Å². The van der Waals surface area contributed by atoms with Gasteiger partial charge in [0.05, 0.1) is 35.6 Å². The lowest BCUT2D eigenvalue weighted by Crippen LogP contribution is -2.41. The first-order valence-electron chi connectivity index (χ1n) is 13.9. The Morgan fingerprint density at radius 2 is 1.67 bits per heavy atom. The second kappa shape index (κ2) is 13.6. The predicted octanol–water partition coefficient (Wildman–Crippen LogP) is 0.507. The van der Waals surface area contributed by atoms with Crippen LogP contribution in [-0.2, 0) is 36.0 Å². The van der Waals surface area contributed by atoms with Crippen LogP contribution in [0.3, 0.4) is 0 Å². The van der Waals surface area contributed by atoms with E-state index in [1.54, 1.807) is 12.1 Å². The van der Waals surface area contributed by atoms with Gasteiger partial charge in [0.15, 0.2) is 0 Å². The van der Waals surface area contributed by atoms with Gasteiger partial charge in [-0.25, -0.2) is 21.8 Å². The van der Waals surface area contributed by atoms with E-state index in [0.29, 0.717) is 48.5 Å². The molecule has 3 aromatic carbocycles. The van der Waals surface area contributed by atoms with Crippen molar-refractivity contribution in [3.63, 3.8) is 0 Å². The maximum absolute atomic E-state index is 13.4. The minimum Gasteiger partial charge on any atom is -0.384 e. The highest BCUT2D eigenvalue weighted by molar-refractivity contribution is 7.90. The van der Waals surface area contributed by atoms with Crippen molar-refractivity contribution >= 4 is 42.8 Å². The van der Waals surface area contributed by atoms with Gasteiger partial charge in [-0.2, -0.15) is 0 Å². The van der Waals surface area contributed by atoms with Crippen molar-refractivity contribution in [2.45, 2.75) is 16.2 Å². The summed E-state index contributed by atoms with van der Waals surface area (Å²) < 4.78 is 57.8. The van der Waals surface area contributed by atoms with Gasteiger partial charge < -0.3 is 31.2 Å². The number of hydrogen-bond donors (Lipinski definition) is 8. The van der Waals surface area contributed by atoms with Gasteiger partial charge in [-0.15, -0.1) is 0 Å². The Balaban J connectivity index is 1.67. The van der Waals surface area contributed by atoms with E-state index >= 15 is 0 Å². The van der Waals surface area contributed by atoms with E-state index in [4.69, 9.17) is 15.9 Å². The van der Waals surface area contributed by atoms with Gasteiger partial charge in [0.25, 0.3) is 20.0 Å². The number of aromatic nitrogens is 2. The molecule has 1 aromatic heterocycles. The zero-order valence-corrected chi connectivity index (χ0v) is 25.9. The Bertz CT molecular complexity index is 2010. The molecule has 1 saturated heterocycles. The Morgan fingerprint density at radius 3 is 2.37 bits per heavy atom. The number of sulfonamides is 2. The molecule has 5 rings (SSSR count). The van der Waals surface area contributed by atoms with E-state index in [-0.39, 0.29) is 40.7 Å². The predicted molar refractivity (Wildman–Crippen MR) is 166 cm³/mol. The minimum atomic E-state index is -4.76. The van der Waals surface area contributed by atoms with Crippen LogP contribution in [0.2, 0.25) is 0 Å². The van der Waals surface area contributed by atoms with Gasteiger partial charge in [-0.3, -0.25) is 15.1 Å². The third-order valence-electron chi connectivity index (χ3n) is 7.39. The first-order chi connectivity index (χ1) is 21.9. The summed E-state index contributed by atoms with van der Waals surface area (Å²) in [6.07, 6.45) is -0.224. The first-order valence-corrected chi connectivity index (χ1v) is 16.9. The van der Waals surface area contributed by atoms with Crippen LogP contribution in [0.1, 0.15) is 11.1 Å². The number of aromatic amines is 1. The highest BCUT2D eigenvalue weighted by Crippen LogP contribution is 2.39. The van der Waals surface area contributed by atoms with Crippen molar-refractivity contribution in [3.05, 3.63) is 65.7 Å². The fraction of sp³-hybridized carbons (Fsp3) is 0.250. The van der Waals surface area contributed by atoms with Gasteiger partial charge in [0.2, 0.25) is 5.91 Å². The van der Waals surface area contributed by atoms with E-state index in [2.05, 4.69) is 20.2 Å². The molecule has 0 atom stereocenters. The summed E-state index contributed by atoms with van der Waals surface area (Å²) in [4.78, 5) is 24.3. The van der Waals surface area contributed by atoms with Crippen molar-refractivity contribution in [1.82, 2.24) is 30.0 Å². The van der Waals surface area contributed by atoms with Crippen LogP contribution in [0.5, 0.6) is 0 Å². The summed E-state index contributed by atoms with van der Waals surface area (Å²) in [7, 11) is -9.29. The molecule has 9 N–H and O–H groups in total. The zero-order valence-electron chi connectivity index (χ0n) is 24.3. The van der Waals surface area contributed by atoms with E-state index in [0.717, 1.165) is 19.2 Å². The van der Waals surface area contributed by atoms with Crippen LogP contribution in [0.4, 0.5) is 0 Å². The molecule has 4 aromatic rings. The number of benzene rings is 3. The lowest BCUT2D eigenvalue weighted by molar-refractivity contribution is -0.120. The molecule has 0 saturated carbocycles. The monoisotopic (exact) mass is 672 g/mol. The molecule has 0 aliphatic carbocycles. The molecule has 244 valence electrons. The number of carbonyl (C=O) groups is 1. The molecule has 1 amide bonds. The van der Waals surface area contributed by atoms with Crippen LogP contribution >= 0.6 is 0 Å². The molecule has 1 fully saturated rings. The number of ether oxygens (including phenoxy) is 1. The number of morpholine rings is 1. The number of nitrogens with two attached hydrogens (primary N) is 1. The Labute approximate surface area is 264 Å². The number of amides is 1. The molecule has 0 bridgehead atoms. The van der Waals surface area contributed by atoms with Gasteiger partial charge >= 0.3 is 0 Å². The standard InChI is InChI=1S/C28H32N8O8S2/c29-27(30)18-5-6-22-23(16-18)33-28(32-22)21-14-17(15-25(37)31-7-8-36-9-11-44-12-10-36)13-20(26(21)46(42,43)35-39)19-3-1-2-4-24(19)45(40,41)34-38/h1-6,13-14,16,34-35,38-39H,7-12,15H2,(H3,29,30)(H,31,37)(H,32,33). The van der Waals surface area contributed by atoms with Gasteiger partial charge in [-0.1, -0.05) is 28.0 Å². The number of imidazole rings is 1. The van der Waals surface area contributed by atoms with Crippen LogP contribution in [0.15, 0.2) is 64.4 Å². The SMILES string of the molecule is N=C(N)c1ccc2[nH]c(-c3cc(CC(=O)NCCN4CCOCC4)cc(-c4ccccc4S(=O)(=O)NO)c3S(=O)(=O)NO)nc2c1. The molecule has 46 heavy (non-hydrogen) atoms. The maximum Gasteiger partial charge on any atom is 0.263 e. The number of nitrogens with zero attached hydrogens (tertiary/aromatic N) is 2. The van der Waals surface area contributed by atoms with Crippen molar-refractivity contribution in [3.8, 4) is 22.5 Å². The summed E-state index contributed by atoms with van der Waals surface area (Å²) in [5.74, 6) is -0.589. The fourth-order valence-corrected chi connectivity index (χ4v) is 7.02. The number of hydrogen-bond acceptors (Lipinski definition) is 11. The topological polar surface area (TPSA) is 253 Å². The largest absolute Gasteiger partial charge is 0.384 e. The lowest BCUT2D eigenvalue weighted by atomic mass is 9.97. The number of nitrogens with one attached hydrogen (secondary N) is 5. The molecular weight excluding hydrogens is 640 g/mol. The number of rotatable bonds is 12. The molecule has 0 spiro atoms. The van der Waals surface area contributed by atoms with Crippen molar-refractivity contribution in [2.24, 2.45) is 5.73 Å². The number of carbonyl (C=O) groups excluding carboxylic acids is 1. The molecule has 0 unspecified atom stereocenters. The number of fused-ring (bicyclic) bond motifs is 1. The second-order valence-electron chi connectivity index (χ2n) is 10.4. The van der Waals surface area contributed by atoms with Gasteiger partial charge in [0.1, 0.15) is 16.6 Å². The maximum atomic E-state index is 13.4. The number of nitrogen functional groups attached to an aromatic ring is 1. The normalized spacial score (nSPS) is 14.4. The Hall–Kier alpha value is -4.27. The molecular formula is C28H32N8O8S2. The van der Waals surface area contributed by atoms with Crippen LogP contribution < -0.4 is 20.8 Å². The summed E-state index contributed by atoms with van der Waals surface area (Å²) >= 11 is 0. The smallest absolute Gasteiger partial charge is 0.263 e. The molecule has 1 aliphatic heterocycles. The third kappa shape index (κ3) is 7.08. The molecule has 2 heterocycles. The minimum absolute atomic E-state index is 0.000902. The Morgan fingerprint density at radius 1 is 0.978 bits per heavy atom. The average molecular weight is 673 g/mol. The lowest BCUT2D eigenvalue weighted by Gasteiger charge is -2.26. The average Bonchev–Trinajstić information content (AvgIpc) is 3.48. The third-order valence-corrected chi connectivity index (χ3v) is 9.79. The van der Waals surface area contributed by atoms with E-state index in [1.165, 1.54) is 46.2 Å². The number of H-pyrrole nitrogens is 1. The van der Waals surface area contributed by atoms with Gasteiger partial charge in [0, 0.05) is 48.4 Å². The Kier molecular flexibility index (Phi) is 9.79. The first kappa shape index (κ1) is 33.1. The fourth-order valence-electron chi connectivity index (χ4n) is 5.20. The van der Waals surface area contributed by atoms with E-state index in [1.807, 2.05) is 0 Å². The quantitative estimate of drug-likeness (QED) is 0.0584. The molecule has 1 aliphatic rings. The zero-order chi connectivity index (χ0) is 33.1. The highest BCUT2D eigenvalue weighted by atomic mass is 32.2. The van der Waals surface area contributed by atoms with Crippen molar-refractivity contribution in [1.29, 1.82) is 5.41 Å². The van der Waals surface area contributed by atoms with Crippen LogP contribution in [-0.4, -0.2) is 93.3 Å². The summed E-state index contributed by atoms with van der Waals surface area (Å²) in [6, 6.07) is 12.8. The van der Waals surface area contributed by atoms with E-state index < -0.39 is 29.8 Å². The van der Waals surface area contributed by atoms with E-state index in [9.17, 15) is 32.0 Å². The van der Waals surface area contributed by atoms with Crippen molar-refractivity contribution < 1.29 is 36.8 Å². The molecule has 18 heteroatoms. The molecule has 0 radical (unpaired) electrons. The second-order valence-corrected chi connectivity index (χ2v) is 13.6. The summed E-state index contributed by atoms with van der Waals surface area (Å²) in [5.41, 5.74) is 6.63. The highest BCUT2D eigenvalue weighted by Gasteiger charge is 2.30. The van der Waals surface area contributed by atoms with Gasteiger partial charge in [-0.05, 0) is 42.0 Å². The summed E-state index contributed by atoms with van der Waals surface area (Å²) in [5, 5.41) is 29.8. The number of amidine groups is 1.